The van der Waals surface area contributed by atoms with Crippen LogP contribution in [0.3, 0.4) is 0 Å². The summed E-state index contributed by atoms with van der Waals surface area (Å²) in [5.41, 5.74) is 0.912. The maximum Gasteiger partial charge on any atom is 0.257 e. The van der Waals surface area contributed by atoms with Crippen LogP contribution in [0.15, 0.2) is 57.5 Å². The van der Waals surface area contributed by atoms with Crippen molar-refractivity contribution >= 4 is 23.1 Å². The van der Waals surface area contributed by atoms with Crippen molar-refractivity contribution in [3.8, 4) is 22.2 Å². The SMILES string of the molecule is CC(Sc1nnc(-c2cccs2)n1CC1CCCO1)c1noc(-c2ccccc2)n1. The van der Waals surface area contributed by atoms with E-state index in [0.29, 0.717) is 11.7 Å². The Balaban J connectivity index is 1.39. The Hall–Kier alpha value is -2.49. The third kappa shape index (κ3) is 4.05. The highest BCUT2D eigenvalue weighted by atomic mass is 32.2. The average Bonchev–Trinajstić information content (AvgIpc) is 3.57. The normalized spacial score (nSPS) is 17.4. The molecule has 154 valence electrons. The fraction of sp³-hybridized carbons (Fsp3) is 0.333. The Morgan fingerprint density at radius 2 is 2.10 bits per heavy atom. The zero-order valence-corrected chi connectivity index (χ0v) is 18.1. The number of ether oxygens (including phenoxy) is 1. The van der Waals surface area contributed by atoms with Gasteiger partial charge < -0.3 is 9.26 Å². The second kappa shape index (κ2) is 8.71. The van der Waals surface area contributed by atoms with Gasteiger partial charge in [0.25, 0.3) is 5.89 Å². The maximum absolute atomic E-state index is 5.87. The molecule has 1 fully saturated rings. The van der Waals surface area contributed by atoms with Crippen LogP contribution < -0.4 is 0 Å². The minimum Gasteiger partial charge on any atom is -0.376 e. The first-order chi connectivity index (χ1) is 14.8. The van der Waals surface area contributed by atoms with Gasteiger partial charge in [-0.2, -0.15) is 4.98 Å². The molecule has 9 heteroatoms. The molecule has 4 heterocycles. The Labute approximate surface area is 182 Å². The largest absolute Gasteiger partial charge is 0.376 e. The molecule has 1 aromatic carbocycles. The van der Waals surface area contributed by atoms with Gasteiger partial charge >= 0.3 is 0 Å². The summed E-state index contributed by atoms with van der Waals surface area (Å²) in [6, 6.07) is 13.9. The second-order valence-corrected chi connectivity index (χ2v) is 9.37. The molecule has 1 aliphatic heterocycles. The molecule has 1 saturated heterocycles. The van der Waals surface area contributed by atoms with Gasteiger partial charge in [-0.3, -0.25) is 4.57 Å². The van der Waals surface area contributed by atoms with Crippen LogP contribution in [0.2, 0.25) is 0 Å². The average molecular weight is 440 g/mol. The molecule has 0 saturated carbocycles. The van der Waals surface area contributed by atoms with Crippen LogP contribution in [0.4, 0.5) is 0 Å². The van der Waals surface area contributed by atoms with E-state index >= 15 is 0 Å². The Morgan fingerprint density at radius 1 is 1.20 bits per heavy atom. The summed E-state index contributed by atoms with van der Waals surface area (Å²) in [6.45, 7) is 3.63. The highest BCUT2D eigenvalue weighted by molar-refractivity contribution is 7.99. The molecule has 3 aromatic heterocycles. The number of nitrogens with zero attached hydrogens (tertiary/aromatic N) is 5. The van der Waals surface area contributed by atoms with Crippen LogP contribution in [0, 0.1) is 0 Å². The maximum atomic E-state index is 5.87. The molecule has 0 spiro atoms. The van der Waals surface area contributed by atoms with Crippen LogP contribution in [-0.4, -0.2) is 37.6 Å². The highest BCUT2D eigenvalue weighted by Crippen LogP contribution is 2.36. The van der Waals surface area contributed by atoms with Gasteiger partial charge in [-0.15, -0.1) is 21.5 Å². The van der Waals surface area contributed by atoms with Gasteiger partial charge in [-0.25, -0.2) is 0 Å². The van der Waals surface area contributed by atoms with Gasteiger partial charge in [0, 0.05) is 12.2 Å². The summed E-state index contributed by atoms with van der Waals surface area (Å²) < 4.78 is 13.5. The van der Waals surface area contributed by atoms with E-state index in [1.165, 1.54) is 0 Å². The van der Waals surface area contributed by atoms with Crippen LogP contribution >= 0.6 is 23.1 Å². The molecular weight excluding hydrogens is 418 g/mol. The van der Waals surface area contributed by atoms with Crippen molar-refractivity contribution in [2.75, 3.05) is 6.61 Å². The molecule has 4 aromatic rings. The third-order valence-corrected chi connectivity index (χ3v) is 6.92. The fourth-order valence-corrected chi connectivity index (χ4v) is 5.04. The first-order valence-electron chi connectivity index (χ1n) is 9.92. The molecule has 0 N–H and O–H groups in total. The minimum atomic E-state index is -0.0326. The van der Waals surface area contributed by atoms with E-state index in [1.807, 2.05) is 36.4 Å². The molecule has 0 aliphatic carbocycles. The molecule has 5 rings (SSSR count). The lowest BCUT2D eigenvalue weighted by atomic mass is 10.2. The van der Waals surface area contributed by atoms with E-state index in [4.69, 9.17) is 9.26 Å². The monoisotopic (exact) mass is 439 g/mol. The van der Waals surface area contributed by atoms with Crippen molar-refractivity contribution in [1.82, 2.24) is 24.9 Å². The van der Waals surface area contributed by atoms with Crippen molar-refractivity contribution in [3.63, 3.8) is 0 Å². The zero-order chi connectivity index (χ0) is 20.3. The van der Waals surface area contributed by atoms with E-state index in [2.05, 4.69) is 43.3 Å². The van der Waals surface area contributed by atoms with E-state index in [0.717, 1.165) is 47.4 Å². The van der Waals surface area contributed by atoms with Crippen LogP contribution in [-0.2, 0) is 11.3 Å². The zero-order valence-electron chi connectivity index (χ0n) is 16.5. The van der Waals surface area contributed by atoms with E-state index < -0.39 is 0 Å². The van der Waals surface area contributed by atoms with Gasteiger partial charge in [-0.1, -0.05) is 41.2 Å². The third-order valence-electron chi connectivity index (χ3n) is 4.98. The second-order valence-electron chi connectivity index (χ2n) is 7.11. The summed E-state index contributed by atoms with van der Waals surface area (Å²) in [7, 11) is 0. The Morgan fingerprint density at radius 3 is 2.87 bits per heavy atom. The minimum absolute atomic E-state index is 0.0326. The number of thiophene rings is 1. The van der Waals surface area contributed by atoms with Crippen molar-refractivity contribution in [2.45, 2.75) is 42.8 Å². The van der Waals surface area contributed by atoms with E-state index in [9.17, 15) is 0 Å². The number of hydrogen-bond donors (Lipinski definition) is 0. The van der Waals surface area contributed by atoms with Gasteiger partial charge in [-0.05, 0) is 43.3 Å². The molecule has 0 radical (unpaired) electrons. The molecule has 2 atom stereocenters. The Kier molecular flexibility index (Phi) is 5.65. The number of benzene rings is 1. The van der Waals surface area contributed by atoms with Crippen molar-refractivity contribution in [1.29, 1.82) is 0 Å². The summed E-state index contributed by atoms with van der Waals surface area (Å²) in [5, 5.41) is 16.0. The number of aromatic nitrogens is 5. The number of thioether (sulfide) groups is 1. The van der Waals surface area contributed by atoms with Gasteiger partial charge in [0.1, 0.15) is 0 Å². The standard InChI is InChI=1S/C21H21N5O2S2/c1-14(18-22-20(28-25-18)15-7-3-2-4-8-15)30-21-24-23-19(17-10-6-12-29-17)26(21)13-16-9-5-11-27-16/h2-4,6-8,10,12,14,16H,5,9,11,13H2,1H3. The Bertz CT molecular complexity index is 1090. The van der Waals surface area contributed by atoms with Crippen LogP contribution in [0.5, 0.6) is 0 Å². The van der Waals surface area contributed by atoms with Crippen molar-refractivity contribution < 1.29 is 9.26 Å². The molecule has 0 bridgehead atoms. The molecule has 2 unspecified atom stereocenters. The summed E-state index contributed by atoms with van der Waals surface area (Å²) in [4.78, 5) is 5.69. The number of rotatable bonds is 7. The first kappa shape index (κ1) is 19.5. The lowest BCUT2D eigenvalue weighted by Gasteiger charge is -2.15. The predicted molar refractivity (Wildman–Crippen MR) is 116 cm³/mol. The van der Waals surface area contributed by atoms with E-state index in [-0.39, 0.29) is 11.4 Å². The lowest BCUT2D eigenvalue weighted by molar-refractivity contribution is 0.0953. The van der Waals surface area contributed by atoms with Crippen LogP contribution in [0.25, 0.3) is 22.2 Å². The summed E-state index contributed by atoms with van der Waals surface area (Å²) in [5.74, 6) is 2.05. The summed E-state index contributed by atoms with van der Waals surface area (Å²) in [6.07, 6.45) is 2.36. The first-order valence-corrected chi connectivity index (χ1v) is 11.7. The van der Waals surface area contributed by atoms with Gasteiger partial charge in [0.15, 0.2) is 16.8 Å². The van der Waals surface area contributed by atoms with Crippen molar-refractivity contribution in [3.05, 3.63) is 53.7 Å². The summed E-state index contributed by atoms with van der Waals surface area (Å²) >= 11 is 3.25. The topological polar surface area (TPSA) is 78.9 Å². The molecule has 1 aliphatic rings. The lowest BCUT2D eigenvalue weighted by Crippen LogP contribution is -2.16. The van der Waals surface area contributed by atoms with Gasteiger partial charge in [0.2, 0.25) is 0 Å². The molecule has 0 amide bonds. The fourth-order valence-electron chi connectivity index (χ4n) is 3.43. The molecule has 7 nitrogen and oxygen atoms in total. The quantitative estimate of drug-likeness (QED) is 0.371. The van der Waals surface area contributed by atoms with Crippen molar-refractivity contribution in [2.24, 2.45) is 0 Å². The van der Waals surface area contributed by atoms with E-state index in [1.54, 1.807) is 23.1 Å². The molecular formula is C21H21N5O2S2. The van der Waals surface area contributed by atoms with Gasteiger partial charge in [0.05, 0.1) is 22.8 Å². The molecule has 30 heavy (non-hydrogen) atoms. The highest BCUT2D eigenvalue weighted by Gasteiger charge is 2.25. The smallest absolute Gasteiger partial charge is 0.257 e. The van der Waals surface area contributed by atoms with Crippen LogP contribution in [0.1, 0.15) is 30.8 Å². The predicted octanol–water partition coefficient (Wildman–Crippen LogP) is 5.09. The number of hydrogen-bond acceptors (Lipinski definition) is 8.